The molecule has 3 rings (SSSR count). The van der Waals surface area contributed by atoms with Gasteiger partial charge in [0.15, 0.2) is 0 Å². The van der Waals surface area contributed by atoms with Crippen molar-refractivity contribution >= 4 is 16.7 Å². The van der Waals surface area contributed by atoms with Crippen LogP contribution in [0.25, 0.3) is 10.9 Å². The quantitative estimate of drug-likeness (QED) is 0.872. The van der Waals surface area contributed by atoms with Crippen molar-refractivity contribution in [2.24, 2.45) is 10.8 Å². The number of fused-ring (bicyclic) bond motifs is 1. The molecule has 2 aromatic rings. The Morgan fingerprint density at radius 3 is 2.38 bits per heavy atom. The third-order valence-electron chi connectivity index (χ3n) is 4.44. The molecule has 3 nitrogen and oxygen atoms in total. The first-order valence-electron chi connectivity index (χ1n) is 7.81. The minimum atomic E-state index is 0.377. The average molecular weight is 283 g/mol. The van der Waals surface area contributed by atoms with Gasteiger partial charge in [0.25, 0.3) is 0 Å². The molecule has 1 saturated carbocycles. The van der Waals surface area contributed by atoms with Crippen LogP contribution < -0.4 is 5.32 Å². The minimum Gasteiger partial charge on any atom is -0.367 e. The topological polar surface area (TPSA) is 37.8 Å². The summed E-state index contributed by atoms with van der Waals surface area (Å²) in [7, 11) is 0. The van der Waals surface area contributed by atoms with Crippen LogP contribution in [0.2, 0.25) is 0 Å². The van der Waals surface area contributed by atoms with Gasteiger partial charge in [-0.1, -0.05) is 39.8 Å². The van der Waals surface area contributed by atoms with Gasteiger partial charge in [-0.2, -0.15) is 0 Å². The zero-order valence-electron chi connectivity index (χ0n) is 13.5. The van der Waals surface area contributed by atoms with E-state index in [0.717, 1.165) is 16.7 Å². The maximum Gasteiger partial charge on any atom is 0.137 e. The van der Waals surface area contributed by atoms with Gasteiger partial charge in [0.05, 0.1) is 5.52 Å². The highest BCUT2D eigenvalue weighted by Crippen LogP contribution is 2.46. The monoisotopic (exact) mass is 283 g/mol. The van der Waals surface area contributed by atoms with Crippen LogP contribution in [0.1, 0.15) is 47.0 Å². The maximum absolute atomic E-state index is 4.47. The third kappa shape index (κ3) is 3.17. The standard InChI is InChI=1S/C18H25N3/c1-17(2)9-13(10-18(3,4)11-17)21-16-14-7-5-6-8-15(14)19-12-20-16/h5-8,12-13H,9-11H2,1-4H3,(H,19,20,21). The molecule has 1 aromatic heterocycles. The summed E-state index contributed by atoms with van der Waals surface area (Å²) in [6, 6.07) is 8.67. The first kappa shape index (κ1) is 14.3. The average Bonchev–Trinajstić information content (AvgIpc) is 2.35. The maximum atomic E-state index is 4.47. The van der Waals surface area contributed by atoms with Gasteiger partial charge in [0, 0.05) is 11.4 Å². The van der Waals surface area contributed by atoms with Crippen LogP contribution in [0.5, 0.6) is 0 Å². The number of hydrogen-bond donors (Lipinski definition) is 1. The minimum absolute atomic E-state index is 0.377. The SMILES string of the molecule is CC1(C)CC(Nc2ncnc3ccccc23)CC(C)(C)C1. The predicted octanol–water partition coefficient (Wildman–Crippen LogP) is 4.65. The molecule has 0 aliphatic heterocycles. The van der Waals surface area contributed by atoms with Gasteiger partial charge in [-0.3, -0.25) is 0 Å². The second kappa shape index (κ2) is 4.97. The number of rotatable bonds is 2. The molecule has 3 heteroatoms. The van der Waals surface area contributed by atoms with E-state index in [4.69, 9.17) is 0 Å². The predicted molar refractivity (Wildman–Crippen MR) is 88.4 cm³/mol. The van der Waals surface area contributed by atoms with E-state index < -0.39 is 0 Å². The Hall–Kier alpha value is -1.64. The molecule has 1 aliphatic rings. The number of nitrogens with zero attached hydrogens (tertiary/aromatic N) is 2. The number of anilines is 1. The van der Waals surface area contributed by atoms with Crippen molar-refractivity contribution in [3.63, 3.8) is 0 Å². The van der Waals surface area contributed by atoms with Crippen LogP contribution >= 0.6 is 0 Å². The Bertz CT molecular complexity index is 624. The Morgan fingerprint density at radius 2 is 1.67 bits per heavy atom. The molecular weight excluding hydrogens is 258 g/mol. The summed E-state index contributed by atoms with van der Waals surface area (Å²) in [6.45, 7) is 9.50. The van der Waals surface area contributed by atoms with Crippen LogP contribution in [-0.4, -0.2) is 16.0 Å². The van der Waals surface area contributed by atoms with Crippen molar-refractivity contribution < 1.29 is 0 Å². The molecule has 0 radical (unpaired) electrons. The second-order valence-corrected chi connectivity index (χ2v) is 7.99. The lowest BCUT2D eigenvalue weighted by atomic mass is 9.63. The number of benzene rings is 1. The molecule has 0 saturated heterocycles. The number of aromatic nitrogens is 2. The van der Waals surface area contributed by atoms with Crippen molar-refractivity contribution in [3.05, 3.63) is 30.6 Å². The van der Waals surface area contributed by atoms with Gasteiger partial charge in [0.1, 0.15) is 12.1 Å². The van der Waals surface area contributed by atoms with Crippen LogP contribution in [0.4, 0.5) is 5.82 Å². The second-order valence-electron chi connectivity index (χ2n) is 7.99. The van der Waals surface area contributed by atoms with Gasteiger partial charge < -0.3 is 5.32 Å². The Morgan fingerprint density at radius 1 is 1.00 bits per heavy atom. The van der Waals surface area contributed by atoms with Gasteiger partial charge in [-0.05, 0) is 42.2 Å². The molecule has 0 unspecified atom stereocenters. The molecule has 112 valence electrons. The molecule has 1 N–H and O–H groups in total. The number of nitrogens with one attached hydrogen (secondary N) is 1. The largest absolute Gasteiger partial charge is 0.367 e. The van der Waals surface area contributed by atoms with E-state index in [1.807, 2.05) is 18.2 Å². The van der Waals surface area contributed by atoms with Gasteiger partial charge in [-0.25, -0.2) is 9.97 Å². The van der Waals surface area contributed by atoms with Crippen LogP contribution in [0.15, 0.2) is 30.6 Å². The van der Waals surface area contributed by atoms with Gasteiger partial charge in [0.2, 0.25) is 0 Å². The van der Waals surface area contributed by atoms with E-state index in [0.29, 0.717) is 16.9 Å². The molecular formula is C18H25N3. The normalized spacial score (nSPS) is 21.3. The number of para-hydroxylation sites is 1. The lowest BCUT2D eigenvalue weighted by molar-refractivity contribution is 0.105. The van der Waals surface area contributed by atoms with E-state index in [-0.39, 0.29) is 0 Å². The Balaban J connectivity index is 1.88. The fourth-order valence-electron chi connectivity index (χ4n) is 4.26. The summed E-state index contributed by atoms with van der Waals surface area (Å²) < 4.78 is 0. The van der Waals surface area contributed by atoms with Crippen molar-refractivity contribution in [2.75, 3.05) is 5.32 Å². The first-order valence-corrected chi connectivity index (χ1v) is 7.81. The van der Waals surface area contributed by atoms with E-state index in [2.05, 4.69) is 49.0 Å². The number of hydrogen-bond acceptors (Lipinski definition) is 3. The zero-order valence-corrected chi connectivity index (χ0v) is 13.5. The molecule has 1 heterocycles. The zero-order chi connectivity index (χ0) is 15.1. The van der Waals surface area contributed by atoms with E-state index >= 15 is 0 Å². The van der Waals surface area contributed by atoms with Crippen molar-refractivity contribution in [3.8, 4) is 0 Å². The molecule has 0 atom stereocenters. The molecule has 0 spiro atoms. The van der Waals surface area contributed by atoms with Crippen LogP contribution in [0.3, 0.4) is 0 Å². The molecule has 0 amide bonds. The summed E-state index contributed by atoms with van der Waals surface area (Å²) in [5.41, 5.74) is 1.76. The van der Waals surface area contributed by atoms with Crippen molar-refractivity contribution in [1.82, 2.24) is 9.97 Å². The highest BCUT2D eigenvalue weighted by molar-refractivity contribution is 5.88. The highest BCUT2D eigenvalue weighted by Gasteiger charge is 2.38. The third-order valence-corrected chi connectivity index (χ3v) is 4.44. The summed E-state index contributed by atoms with van der Waals surface area (Å²) in [5, 5.41) is 4.80. The highest BCUT2D eigenvalue weighted by atomic mass is 15.0. The molecule has 0 bridgehead atoms. The van der Waals surface area contributed by atoms with Crippen LogP contribution in [-0.2, 0) is 0 Å². The van der Waals surface area contributed by atoms with Gasteiger partial charge in [-0.15, -0.1) is 0 Å². The van der Waals surface area contributed by atoms with Gasteiger partial charge >= 0.3 is 0 Å². The van der Waals surface area contributed by atoms with E-state index in [9.17, 15) is 0 Å². The van der Waals surface area contributed by atoms with E-state index in [1.54, 1.807) is 6.33 Å². The Labute approximate surface area is 127 Å². The summed E-state index contributed by atoms with van der Waals surface area (Å²) >= 11 is 0. The lowest BCUT2D eigenvalue weighted by Gasteiger charge is -2.45. The summed E-state index contributed by atoms with van der Waals surface area (Å²) in [5.74, 6) is 0.971. The first-order chi connectivity index (χ1) is 9.85. The Kier molecular flexibility index (Phi) is 3.39. The summed E-state index contributed by atoms with van der Waals surface area (Å²) in [4.78, 5) is 8.82. The molecule has 21 heavy (non-hydrogen) atoms. The summed E-state index contributed by atoms with van der Waals surface area (Å²) in [6.07, 6.45) is 5.32. The fourth-order valence-corrected chi connectivity index (χ4v) is 4.26. The van der Waals surface area contributed by atoms with Crippen LogP contribution in [0, 0.1) is 10.8 Å². The van der Waals surface area contributed by atoms with E-state index in [1.165, 1.54) is 19.3 Å². The van der Waals surface area contributed by atoms with Crippen molar-refractivity contribution in [2.45, 2.75) is 53.0 Å². The molecule has 1 aromatic carbocycles. The van der Waals surface area contributed by atoms with Crippen molar-refractivity contribution in [1.29, 1.82) is 0 Å². The lowest BCUT2D eigenvalue weighted by Crippen LogP contribution is -2.40. The molecule has 1 fully saturated rings. The smallest absolute Gasteiger partial charge is 0.137 e. The molecule has 1 aliphatic carbocycles. The fraction of sp³-hybridized carbons (Fsp3) is 0.556.